The first-order valence-electron chi connectivity index (χ1n) is 10.3. The average Bonchev–Trinajstić information content (AvgIpc) is 2.86. The number of ether oxygens (including phenoxy) is 1. The van der Waals surface area contributed by atoms with E-state index in [-0.39, 0.29) is 17.5 Å². The summed E-state index contributed by atoms with van der Waals surface area (Å²) >= 11 is 0. The van der Waals surface area contributed by atoms with E-state index in [0.717, 1.165) is 6.20 Å². The van der Waals surface area contributed by atoms with Crippen LogP contribution in [0.3, 0.4) is 0 Å². The zero-order chi connectivity index (χ0) is 23.9. The number of carbonyl (C=O) groups is 2. The minimum atomic E-state index is -0.665. The molecule has 0 aliphatic rings. The number of ketones is 1. The fraction of sp³-hybridized carbons (Fsp3) is 0.0400. The molecule has 1 aromatic heterocycles. The highest BCUT2D eigenvalue weighted by Gasteiger charge is 2.12. The van der Waals surface area contributed by atoms with Gasteiger partial charge in [0.25, 0.3) is 0 Å². The zero-order valence-corrected chi connectivity index (χ0v) is 18.1. The summed E-state index contributed by atoms with van der Waals surface area (Å²) in [6.45, 7) is 0. The van der Waals surface area contributed by atoms with Gasteiger partial charge in [-0.1, -0.05) is 48.5 Å². The van der Waals surface area contributed by atoms with Crippen LogP contribution in [0.2, 0.25) is 0 Å². The minimum Gasteiger partial charge on any atom is -0.410 e. The third-order valence-corrected chi connectivity index (χ3v) is 4.67. The first kappa shape index (κ1) is 22.4. The van der Waals surface area contributed by atoms with E-state index in [1.807, 2.05) is 6.07 Å². The van der Waals surface area contributed by atoms with E-state index in [0.29, 0.717) is 28.3 Å². The molecule has 0 fully saturated rings. The van der Waals surface area contributed by atoms with E-state index in [1.54, 1.807) is 72.8 Å². The van der Waals surface area contributed by atoms with Crippen LogP contribution < -0.4 is 20.7 Å². The van der Waals surface area contributed by atoms with Crippen LogP contribution in [-0.4, -0.2) is 28.9 Å². The number of aromatic nitrogens is 2. The van der Waals surface area contributed by atoms with E-state index in [2.05, 4.69) is 25.9 Å². The van der Waals surface area contributed by atoms with Gasteiger partial charge in [0.2, 0.25) is 5.95 Å². The van der Waals surface area contributed by atoms with Gasteiger partial charge in [-0.3, -0.25) is 4.79 Å². The molecule has 0 bridgehead atoms. The van der Waals surface area contributed by atoms with Crippen molar-refractivity contribution in [3.8, 4) is 5.75 Å². The van der Waals surface area contributed by atoms with Crippen LogP contribution in [0.1, 0.15) is 15.9 Å². The Balaban J connectivity index is 1.52. The Kier molecular flexibility index (Phi) is 6.73. The number of nitrogens with one attached hydrogen (secondary N) is 3. The van der Waals surface area contributed by atoms with Crippen LogP contribution in [-0.2, 0) is 0 Å². The Bertz CT molecular complexity index is 1330. The van der Waals surface area contributed by atoms with Crippen LogP contribution in [0.25, 0.3) is 0 Å². The van der Waals surface area contributed by atoms with Gasteiger partial charge in [-0.2, -0.15) is 4.98 Å². The summed E-state index contributed by atoms with van der Waals surface area (Å²) in [4.78, 5) is 32.3. The maximum atomic E-state index is 14.4. The third-order valence-electron chi connectivity index (χ3n) is 4.67. The smallest absolute Gasteiger partial charge is 0.410 e. The van der Waals surface area contributed by atoms with Crippen molar-refractivity contribution in [2.45, 2.75) is 0 Å². The summed E-state index contributed by atoms with van der Waals surface area (Å²) in [6, 6.07) is 22.2. The lowest BCUT2D eigenvalue weighted by atomic mass is 10.0. The van der Waals surface area contributed by atoms with Crippen molar-refractivity contribution in [1.29, 1.82) is 0 Å². The lowest BCUT2D eigenvalue weighted by Crippen LogP contribution is -2.22. The summed E-state index contributed by atoms with van der Waals surface area (Å²) in [7, 11) is 1.46. The van der Waals surface area contributed by atoms with Crippen molar-refractivity contribution in [3.05, 3.63) is 102 Å². The number of nitrogens with zero attached hydrogens (tertiary/aromatic N) is 2. The van der Waals surface area contributed by atoms with Crippen molar-refractivity contribution in [3.63, 3.8) is 0 Å². The molecule has 0 radical (unpaired) electrons. The molecule has 9 heteroatoms. The second kappa shape index (κ2) is 10.2. The predicted octanol–water partition coefficient (Wildman–Crippen LogP) is 5.05. The number of carbonyl (C=O) groups excluding carboxylic acids is 2. The molecular formula is C25H20FN5O3. The number of hydrogen-bond donors (Lipinski definition) is 3. The molecule has 4 rings (SSSR count). The monoisotopic (exact) mass is 457 g/mol. The molecule has 0 aliphatic heterocycles. The van der Waals surface area contributed by atoms with E-state index < -0.39 is 11.9 Å². The SMILES string of the molecule is CNC(=O)Oc1cccc(Nc2ncc(F)c(Nc3cccc(C(=O)c4ccccc4)c3)n2)c1. The molecule has 0 atom stereocenters. The van der Waals surface area contributed by atoms with Gasteiger partial charge in [-0.15, -0.1) is 0 Å². The maximum Gasteiger partial charge on any atom is 0.412 e. The molecule has 170 valence electrons. The van der Waals surface area contributed by atoms with Crippen molar-refractivity contribution >= 4 is 35.0 Å². The minimum absolute atomic E-state index is 0.0698. The molecule has 0 saturated carbocycles. The molecule has 34 heavy (non-hydrogen) atoms. The Hall–Kier alpha value is -4.79. The highest BCUT2D eigenvalue weighted by molar-refractivity contribution is 6.09. The van der Waals surface area contributed by atoms with Gasteiger partial charge in [-0.05, 0) is 24.3 Å². The number of rotatable bonds is 7. The molecule has 0 unspecified atom stereocenters. The highest BCUT2D eigenvalue weighted by atomic mass is 19.1. The molecule has 4 aromatic rings. The predicted molar refractivity (Wildman–Crippen MR) is 126 cm³/mol. The summed E-state index contributed by atoms with van der Waals surface area (Å²) < 4.78 is 19.5. The quantitative estimate of drug-likeness (QED) is 0.334. The summed E-state index contributed by atoms with van der Waals surface area (Å²) in [5.41, 5.74) is 2.04. The van der Waals surface area contributed by atoms with Crippen LogP contribution in [0.5, 0.6) is 5.75 Å². The Morgan fingerprint density at radius 3 is 2.32 bits per heavy atom. The summed E-state index contributed by atoms with van der Waals surface area (Å²) in [5, 5.41) is 8.20. The van der Waals surface area contributed by atoms with Crippen LogP contribution in [0.4, 0.5) is 32.3 Å². The van der Waals surface area contributed by atoms with Crippen LogP contribution in [0, 0.1) is 5.82 Å². The van der Waals surface area contributed by atoms with Crippen molar-refractivity contribution in [2.24, 2.45) is 0 Å². The summed E-state index contributed by atoms with van der Waals surface area (Å²) in [5.74, 6) is -0.447. The van der Waals surface area contributed by atoms with E-state index in [4.69, 9.17) is 4.74 Å². The van der Waals surface area contributed by atoms with Gasteiger partial charge < -0.3 is 20.7 Å². The van der Waals surface area contributed by atoms with Crippen molar-refractivity contribution in [1.82, 2.24) is 15.3 Å². The Morgan fingerprint density at radius 1 is 0.853 bits per heavy atom. The number of anilines is 4. The second-order valence-corrected chi connectivity index (χ2v) is 7.08. The standard InChI is InChI=1S/C25H20FN5O3/c1-27-25(33)34-20-12-6-11-19(14-20)30-24-28-15-21(26)23(31-24)29-18-10-5-9-17(13-18)22(32)16-7-3-2-4-8-16/h2-15H,1H3,(H,27,33)(H2,28,29,30,31). The number of hydrogen-bond acceptors (Lipinski definition) is 7. The Labute approximate surface area is 194 Å². The van der Waals surface area contributed by atoms with Gasteiger partial charge in [0.05, 0.1) is 6.20 Å². The fourth-order valence-corrected chi connectivity index (χ4v) is 3.07. The number of amides is 1. The Morgan fingerprint density at radius 2 is 1.56 bits per heavy atom. The zero-order valence-electron chi connectivity index (χ0n) is 18.1. The van der Waals surface area contributed by atoms with E-state index in [9.17, 15) is 14.0 Å². The molecule has 0 spiro atoms. The average molecular weight is 457 g/mol. The summed E-state index contributed by atoms with van der Waals surface area (Å²) in [6.07, 6.45) is 0.427. The maximum absolute atomic E-state index is 14.4. The topological polar surface area (TPSA) is 105 Å². The number of halogens is 1. The highest BCUT2D eigenvalue weighted by Crippen LogP contribution is 2.24. The molecule has 0 saturated heterocycles. The first-order chi connectivity index (χ1) is 16.5. The lowest BCUT2D eigenvalue weighted by Gasteiger charge is -2.11. The van der Waals surface area contributed by atoms with Gasteiger partial charge in [0, 0.05) is 35.6 Å². The van der Waals surface area contributed by atoms with Crippen LogP contribution in [0.15, 0.2) is 85.1 Å². The molecule has 0 aliphatic carbocycles. The van der Waals surface area contributed by atoms with Gasteiger partial charge in [0.15, 0.2) is 17.4 Å². The lowest BCUT2D eigenvalue weighted by molar-refractivity contribution is 0.103. The normalized spacial score (nSPS) is 10.3. The molecule has 8 nitrogen and oxygen atoms in total. The number of benzene rings is 3. The third kappa shape index (κ3) is 5.52. The van der Waals surface area contributed by atoms with Gasteiger partial charge >= 0.3 is 6.09 Å². The molecular weight excluding hydrogens is 437 g/mol. The van der Waals surface area contributed by atoms with Crippen LogP contribution >= 0.6 is 0 Å². The largest absolute Gasteiger partial charge is 0.412 e. The molecule has 1 heterocycles. The second-order valence-electron chi connectivity index (χ2n) is 7.08. The van der Waals surface area contributed by atoms with E-state index >= 15 is 0 Å². The van der Waals surface area contributed by atoms with Crippen molar-refractivity contribution < 1.29 is 18.7 Å². The van der Waals surface area contributed by atoms with E-state index in [1.165, 1.54) is 7.05 Å². The molecule has 3 N–H and O–H groups in total. The van der Waals surface area contributed by atoms with Crippen molar-refractivity contribution in [2.75, 3.05) is 17.7 Å². The van der Waals surface area contributed by atoms with Gasteiger partial charge in [-0.25, -0.2) is 14.2 Å². The van der Waals surface area contributed by atoms with Gasteiger partial charge in [0.1, 0.15) is 5.75 Å². The fourth-order valence-electron chi connectivity index (χ4n) is 3.07. The molecule has 1 amide bonds. The first-order valence-corrected chi connectivity index (χ1v) is 10.3. The molecule has 3 aromatic carbocycles.